The standard InChI is InChI=1S/C6H15N3O/c1-2-9(7)8-3-5-10-6-4-8/h2-7H2,1H3. The van der Waals surface area contributed by atoms with Gasteiger partial charge in [0.25, 0.3) is 0 Å². The summed E-state index contributed by atoms with van der Waals surface area (Å²) in [7, 11) is 0. The molecule has 1 rings (SSSR count). The van der Waals surface area contributed by atoms with Gasteiger partial charge in [-0.3, -0.25) is 5.84 Å². The molecule has 0 bridgehead atoms. The van der Waals surface area contributed by atoms with Crippen LogP contribution < -0.4 is 5.84 Å². The molecule has 0 unspecified atom stereocenters. The first-order chi connectivity index (χ1) is 4.84. The van der Waals surface area contributed by atoms with Crippen molar-refractivity contribution in [3.05, 3.63) is 0 Å². The summed E-state index contributed by atoms with van der Waals surface area (Å²) in [4.78, 5) is 0. The van der Waals surface area contributed by atoms with Gasteiger partial charge in [-0.2, -0.15) is 5.12 Å². The number of nitrogens with zero attached hydrogens (tertiary/aromatic N) is 2. The minimum atomic E-state index is 0.799. The van der Waals surface area contributed by atoms with Crippen molar-refractivity contribution in [1.82, 2.24) is 10.1 Å². The Balaban J connectivity index is 2.24. The minimum absolute atomic E-state index is 0.799. The molecular weight excluding hydrogens is 130 g/mol. The predicted molar refractivity (Wildman–Crippen MR) is 39.0 cm³/mol. The van der Waals surface area contributed by atoms with E-state index in [4.69, 9.17) is 10.6 Å². The molecule has 0 aromatic heterocycles. The lowest BCUT2D eigenvalue weighted by Crippen LogP contribution is -2.52. The molecule has 4 nitrogen and oxygen atoms in total. The molecular formula is C6H15N3O. The molecule has 60 valence electrons. The molecule has 1 fully saturated rings. The highest BCUT2D eigenvalue weighted by Crippen LogP contribution is 1.97. The Labute approximate surface area is 61.5 Å². The Morgan fingerprint density at radius 2 is 2.10 bits per heavy atom. The second kappa shape index (κ2) is 3.88. The number of ether oxygens (including phenoxy) is 1. The summed E-state index contributed by atoms with van der Waals surface area (Å²) in [6.45, 7) is 6.34. The van der Waals surface area contributed by atoms with E-state index in [0.717, 1.165) is 32.8 Å². The number of hydrazine groups is 2. The molecule has 1 saturated heterocycles. The Bertz CT molecular complexity index is 93.0. The lowest BCUT2D eigenvalue weighted by molar-refractivity contribution is -0.0888. The molecule has 1 aliphatic rings. The summed E-state index contributed by atoms with van der Waals surface area (Å²) < 4.78 is 5.17. The van der Waals surface area contributed by atoms with Crippen LogP contribution in [0.3, 0.4) is 0 Å². The summed E-state index contributed by atoms with van der Waals surface area (Å²) in [5.74, 6) is 5.65. The van der Waals surface area contributed by atoms with E-state index in [2.05, 4.69) is 5.01 Å². The highest BCUT2D eigenvalue weighted by molar-refractivity contribution is 4.56. The van der Waals surface area contributed by atoms with Crippen molar-refractivity contribution in [2.24, 2.45) is 5.84 Å². The fourth-order valence-corrected chi connectivity index (χ4v) is 1.01. The number of nitrogens with two attached hydrogens (primary N) is 1. The molecule has 4 heteroatoms. The van der Waals surface area contributed by atoms with E-state index in [1.165, 1.54) is 0 Å². The Kier molecular flexibility index (Phi) is 3.08. The summed E-state index contributed by atoms with van der Waals surface area (Å²) >= 11 is 0. The van der Waals surface area contributed by atoms with Crippen molar-refractivity contribution in [3.8, 4) is 0 Å². The zero-order valence-corrected chi connectivity index (χ0v) is 6.42. The van der Waals surface area contributed by atoms with Crippen molar-refractivity contribution in [2.45, 2.75) is 6.92 Å². The normalized spacial score (nSPS) is 21.9. The molecule has 0 aliphatic carbocycles. The molecule has 0 radical (unpaired) electrons. The first-order valence-corrected chi connectivity index (χ1v) is 3.69. The van der Waals surface area contributed by atoms with Crippen molar-refractivity contribution < 1.29 is 4.74 Å². The summed E-state index contributed by atoms with van der Waals surface area (Å²) in [6.07, 6.45) is 0. The van der Waals surface area contributed by atoms with Crippen LogP contribution in [0.2, 0.25) is 0 Å². The van der Waals surface area contributed by atoms with E-state index >= 15 is 0 Å². The van der Waals surface area contributed by atoms with Crippen molar-refractivity contribution in [1.29, 1.82) is 0 Å². The lowest BCUT2D eigenvalue weighted by atomic mass is 10.5. The van der Waals surface area contributed by atoms with Crippen LogP contribution in [-0.2, 0) is 4.74 Å². The molecule has 0 amide bonds. The Hall–Kier alpha value is -0.160. The summed E-state index contributed by atoms with van der Waals surface area (Å²) in [5, 5.41) is 3.84. The van der Waals surface area contributed by atoms with Crippen molar-refractivity contribution in [2.75, 3.05) is 32.8 Å². The van der Waals surface area contributed by atoms with Gasteiger partial charge in [0.2, 0.25) is 0 Å². The van der Waals surface area contributed by atoms with E-state index in [1.54, 1.807) is 5.12 Å². The van der Waals surface area contributed by atoms with Gasteiger partial charge in [-0.15, -0.1) is 0 Å². The molecule has 0 saturated carbocycles. The first-order valence-electron chi connectivity index (χ1n) is 3.69. The molecule has 0 aromatic rings. The van der Waals surface area contributed by atoms with Gasteiger partial charge in [0.1, 0.15) is 0 Å². The van der Waals surface area contributed by atoms with E-state index < -0.39 is 0 Å². The zero-order chi connectivity index (χ0) is 7.40. The van der Waals surface area contributed by atoms with Gasteiger partial charge < -0.3 is 4.74 Å². The van der Waals surface area contributed by atoms with Crippen LogP contribution in [0.1, 0.15) is 6.92 Å². The van der Waals surface area contributed by atoms with E-state index in [-0.39, 0.29) is 0 Å². The Morgan fingerprint density at radius 1 is 1.50 bits per heavy atom. The molecule has 0 aromatic carbocycles. The fraction of sp³-hybridized carbons (Fsp3) is 1.00. The molecule has 1 aliphatic heterocycles. The molecule has 1 heterocycles. The van der Waals surface area contributed by atoms with Crippen LogP contribution in [0.15, 0.2) is 0 Å². The fourth-order valence-electron chi connectivity index (χ4n) is 1.01. The second-order valence-electron chi connectivity index (χ2n) is 2.32. The van der Waals surface area contributed by atoms with Gasteiger partial charge in [-0.1, -0.05) is 0 Å². The van der Waals surface area contributed by atoms with E-state index in [9.17, 15) is 0 Å². The van der Waals surface area contributed by atoms with Gasteiger partial charge in [0, 0.05) is 19.6 Å². The molecule has 2 N–H and O–H groups in total. The molecule has 0 atom stereocenters. The van der Waals surface area contributed by atoms with Gasteiger partial charge in [0.15, 0.2) is 0 Å². The van der Waals surface area contributed by atoms with Crippen LogP contribution in [0.5, 0.6) is 0 Å². The van der Waals surface area contributed by atoms with E-state index in [0.29, 0.717) is 0 Å². The van der Waals surface area contributed by atoms with Gasteiger partial charge in [-0.05, 0) is 6.92 Å². The summed E-state index contributed by atoms with van der Waals surface area (Å²) in [6, 6.07) is 0. The maximum atomic E-state index is 5.65. The average Bonchev–Trinajstić information content (AvgIpc) is 2.05. The smallest absolute Gasteiger partial charge is 0.0608 e. The van der Waals surface area contributed by atoms with Gasteiger partial charge in [-0.25, -0.2) is 5.01 Å². The number of hydrogen-bond donors (Lipinski definition) is 1. The maximum absolute atomic E-state index is 5.65. The average molecular weight is 145 g/mol. The maximum Gasteiger partial charge on any atom is 0.0608 e. The number of rotatable bonds is 2. The van der Waals surface area contributed by atoms with Gasteiger partial charge in [0.05, 0.1) is 13.2 Å². The SMILES string of the molecule is CCN(N)N1CCOCC1. The van der Waals surface area contributed by atoms with Crippen molar-refractivity contribution >= 4 is 0 Å². The second-order valence-corrected chi connectivity index (χ2v) is 2.32. The number of hydrogen-bond acceptors (Lipinski definition) is 4. The van der Waals surface area contributed by atoms with Crippen LogP contribution in [0.4, 0.5) is 0 Å². The minimum Gasteiger partial charge on any atom is -0.379 e. The highest BCUT2D eigenvalue weighted by atomic mass is 16.5. The Morgan fingerprint density at radius 3 is 2.60 bits per heavy atom. The highest BCUT2D eigenvalue weighted by Gasteiger charge is 2.13. The first kappa shape index (κ1) is 7.94. The third kappa shape index (κ3) is 1.91. The summed E-state index contributed by atoms with van der Waals surface area (Å²) in [5.41, 5.74) is 0. The predicted octanol–water partition coefficient (Wildman–Crippen LogP) is -0.571. The van der Waals surface area contributed by atoms with Crippen LogP contribution in [-0.4, -0.2) is 43.0 Å². The zero-order valence-electron chi connectivity index (χ0n) is 6.42. The largest absolute Gasteiger partial charge is 0.379 e. The monoisotopic (exact) mass is 145 g/mol. The lowest BCUT2D eigenvalue weighted by Gasteiger charge is -2.33. The number of morpholine rings is 1. The van der Waals surface area contributed by atoms with Crippen molar-refractivity contribution in [3.63, 3.8) is 0 Å². The molecule has 0 spiro atoms. The van der Waals surface area contributed by atoms with E-state index in [1.807, 2.05) is 6.92 Å². The van der Waals surface area contributed by atoms with Crippen LogP contribution in [0, 0.1) is 0 Å². The van der Waals surface area contributed by atoms with Gasteiger partial charge >= 0.3 is 0 Å². The van der Waals surface area contributed by atoms with Crippen LogP contribution in [0.25, 0.3) is 0 Å². The van der Waals surface area contributed by atoms with Crippen LogP contribution >= 0.6 is 0 Å². The topological polar surface area (TPSA) is 41.7 Å². The molecule has 10 heavy (non-hydrogen) atoms. The third-order valence-corrected chi connectivity index (χ3v) is 1.67. The quantitative estimate of drug-likeness (QED) is 0.417. The third-order valence-electron chi connectivity index (χ3n) is 1.67.